The summed E-state index contributed by atoms with van der Waals surface area (Å²) in [6.07, 6.45) is -2.39. The Labute approximate surface area is 111 Å². The summed E-state index contributed by atoms with van der Waals surface area (Å²) in [7, 11) is 0. The number of carbonyl (C=O) groups excluding carboxylic acids is 2. The van der Waals surface area contributed by atoms with Gasteiger partial charge in [-0.3, -0.25) is 9.59 Å². The topological polar surface area (TPSA) is 37.4 Å². The van der Waals surface area contributed by atoms with E-state index in [9.17, 15) is 18.4 Å². The van der Waals surface area contributed by atoms with Crippen molar-refractivity contribution in [2.45, 2.75) is 19.8 Å². The number of nitrogens with zero attached hydrogens (tertiary/aromatic N) is 1. The van der Waals surface area contributed by atoms with Crippen molar-refractivity contribution in [1.82, 2.24) is 0 Å². The number of ketones is 1. The first-order chi connectivity index (χ1) is 8.41. The molecule has 0 bridgehead atoms. The summed E-state index contributed by atoms with van der Waals surface area (Å²) in [6.45, 7) is 1.93. The molecule has 3 nitrogen and oxygen atoms in total. The van der Waals surface area contributed by atoms with Crippen molar-refractivity contribution in [3.8, 4) is 0 Å². The summed E-state index contributed by atoms with van der Waals surface area (Å²) in [6, 6.07) is 3.00. The van der Waals surface area contributed by atoms with Gasteiger partial charge in [0.2, 0.25) is 11.7 Å². The van der Waals surface area contributed by atoms with Crippen LogP contribution in [0.2, 0.25) is 0 Å². The van der Waals surface area contributed by atoms with E-state index in [2.05, 4.69) is 15.9 Å². The second kappa shape index (κ2) is 4.76. The first-order valence-electron chi connectivity index (χ1n) is 5.34. The molecule has 0 N–H and O–H groups in total. The van der Waals surface area contributed by atoms with Crippen LogP contribution in [-0.2, 0) is 11.2 Å². The fourth-order valence-electron chi connectivity index (χ4n) is 2.04. The molecule has 2 rings (SSSR count). The van der Waals surface area contributed by atoms with Gasteiger partial charge in [0, 0.05) is 29.2 Å². The summed E-state index contributed by atoms with van der Waals surface area (Å²) in [5.41, 5.74) is 1.34. The summed E-state index contributed by atoms with van der Waals surface area (Å²) in [4.78, 5) is 24.2. The van der Waals surface area contributed by atoms with Gasteiger partial charge < -0.3 is 4.90 Å². The number of hydrogen-bond donors (Lipinski definition) is 0. The van der Waals surface area contributed by atoms with E-state index in [0.717, 1.165) is 5.56 Å². The molecule has 0 unspecified atom stereocenters. The third-order valence-corrected chi connectivity index (χ3v) is 3.56. The summed E-state index contributed by atoms with van der Waals surface area (Å²) >= 11 is 3.12. The highest BCUT2D eigenvalue weighted by molar-refractivity contribution is 9.10. The molecule has 18 heavy (non-hydrogen) atoms. The first-order valence-corrected chi connectivity index (χ1v) is 6.14. The lowest BCUT2D eigenvalue weighted by Gasteiger charge is -2.16. The van der Waals surface area contributed by atoms with Crippen molar-refractivity contribution in [3.05, 3.63) is 27.7 Å². The number of alkyl halides is 2. The van der Waals surface area contributed by atoms with Crippen LogP contribution < -0.4 is 4.90 Å². The third-order valence-electron chi connectivity index (χ3n) is 2.91. The number of anilines is 1. The predicted molar refractivity (Wildman–Crippen MR) is 66.2 cm³/mol. The van der Waals surface area contributed by atoms with E-state index in [0.29, 0.717) is 23.1 Å². The largest absolute Gasteiger partial charge is 0.312 e. The maximum Gasteiger partial charge on any atom is 0.300 e. The van der Waals surface area contributed by atoms with Crippen molar-refractivity contribution < 1.29 is 18.4 Å². The van der Waals surface area contributed by atoms with E-state index in [4.69, 9.17) is 0 Å². The van der Waals surface area contributed by atoms with Crippen molar-refractivity contribution >= 4 is 33.3 Å². The van der Waals surface area contributed by atoms with E-state index in [1.54, 1.807) is 6.07 Å². The van der Waals surface area contributed by atoms with Crippen LogP contribution in [0.1, 0.15) is 22.8 Å². The van der Waals surface area contributed by atoms with Crippen LogP contribution in [0, 0.1) is 0 Å². The quantitative estimate of drug-likeness (QED) is 0.787. The maximum absolute atomic E-state index is 12.5. The molecule has 96 valence electrons. The lowest BCUT2D eigenvalue weighted by Crippen LogP contribution is -2.26. The number of fused-ring (bicyclic) bond motifs is 1. The highest BCUT2D eigenvalue weighted by atomic mass is 79.9. The molecule has 0 aromatic heterocycles. The predicted octanol–water partition coefficient (Wildman–Crippen LogP) is 2.81. The molecule has 1 amide bonds. The monoisotopic (exact) mass is 317 g/mol. The SMILES string of the molecule is CC(=O)N1CCc2cc(Br)c(C(=O)C(F)F)cc21. The zero-order valence-electron chi connectivity index (χ0n) is 9.54. The van der Waals surface area contributed by atoms with Gasteiger partial charge in [-0.25, -0.2) is 8.78 Å². The van der Waals surface area contributed by atoms with Gasteiger partial charge in [0.05, 0.1) is 0 Å². The fraction of sp³-hybridized carbons (Fsp3) is 0.333. The molecule has 0 fully saturated rings. The van der Waals surface area contributed by atoms with E-state index in [-0.39, 0.29) is 11.5 Å². The maximum atomic E-state index is 12.5. The van der Waals surface area contributed by atoms with Gasteiger partial charge in [-0.05, 0) is 24.1 Å². The molecule has 1 aliphatic heterocycles. The van der Waals surface area contributed by atoms with Crippen LogP contribution in [0.4, 0.5) is 14.5 Å². The molecular formula is C12H10BrF2NO2. The van der Waals surface area contributed by atoms with Crippen molar-refractivity contribution in [2.75, 3.05) is 11.4 Å². The van der Waals surface area contributed by atoms with Gasteiger partial charge >= 0.3 is 6.43 Å². The Bertz CT molecular complexity index is 531. The summed E-state index contributed by atoms with van der Waals surface area (Å²) in [5.74, 6) is -1.40. The lowest BCUT2D eigenvalue weighted by molar-refractivity contribution is -0.116. The zero-order valence-corrected chi connectivity index (χ0v) is 11.1. The number of carbonyl (C=O) groups is 2. The van der Waals surface area contributed by atoms with Gasteiger partial charge in [0.15, 0.2) is 0 Å². The average molecular weight is 318 g/mol. The molecular weight excluding hydrogens is 308 g/mol. The molecule has 1 heterocycles. The van der Waals surface area contributed by atoms with E-state index in [1.807, 2.05) is 0 Å². The summed E-state index contributed by atoms with van der Waals surface area (Å²) < 4.78 is 25.2. The van der Waals surface area contributed by atoms with Crippen molar-refractivity contribution in [1.29, 1.82) is 0 Å². The Balaban J connectivity index is 2.50. The molecule has 1 aliphatic rings. The number of halogens is 3. The van der Waals surface area contributed by atoms with E-state index >= 15 is 0 Å². The molecule has 1 aromatic carbocycles. The van der Waals surface area contributed by atoms with Crippen LogP contribution in [-0.4, -0.2) is 24.7 Å². The molecule has 0 spiro atoms. The van der Waals surface area contributed by atoms with Gasteiger partial charge in [-0.2, -0.15) is 0 Å². The van der Waals surface area contributed by atoms with Crippen molar-refractivity contribution in [3.63, 3.8) is 0 Å². The number of benzene rings is 1. The third kappa shape index (κ3) is 2.16. The number of amides is 1. The standard InChI is InChI=1S/C12H10BrF2NO2/c1-6(17)16-3-2-7-4-9(13)8(5-10(7)16)11(18)12(14)15/h4-5,12H,2-3H2,1H3. The number of rotatable bonds is 2. The highest BCUT2D eigenvalue weighted by Crippen LogP contribution is 2.34. The Morgan fingerprint density at radius 2 is 2.06 bits per heavy atom. The Morgan fingerprint density at radius 3 is 2.61 bits per heavy atom. The van der Waals surface area contributed by atoms with Gasteiger partial charge in [0.25, 0.3) is 0 Å². The van der Waals surface area contributed by atoms with Crippen LogP contribution in [0.5, 0.6) is 0 Å². The van der Waals surface area contributed by atoms with E-state index < -0.39 is 12.2 Å². The minimum Gasteiger partial charge on any atom is -0.312 e. The van der Waals surface area contributed by atoms with Crippen LogP contribution >= 0.6 is 15.9 Å². The molecule has 0 saturated carbocycles. The van der Waals surface area contributed by atoms with Gasteiger partial charge in [0.1, 0.15) is 0 Å². The molecule has 0 aliphatic carbocycles. The van der Waals surface area contributed by atoms with E-state index in [1.165, 1.54) is 17.9 Å². The molecule has 0 saturated heterocycles. The number of hydrogen-bond acceptors (Lipinski definition) is 2. The average Bonchev–Trinajstić information content (AvgIpc) is 2.69. The lowest BCUT2D eigenvalue weighted by atomic mass is 10.1. The van der Waals surface area contributed by atoms with Crippen molar-refractivity contribution in [2.24, 2.45) is 0 Å². The normalized spacial score (nSPS) is 13.9. The Hall–Kier alpha value is -1.30. The minimum absolute atomic E-state index is 0.0862. The first kappa shape index (κ1) is 13.1. The minimum atomic E-state index is -3.05. The second-order valence-corrected chi connectivity index (χ2v) is 4.90. The smallest absolute Gasteiger partial charge is 0.300 e. The molecule has 6 heteroatoms. The fourth-order valence-corrected chi connectivity index (χ4v) is 2.63. The van der Waals surface area contributed by atoms with Gasteiger partial charge in [-0.1, -0.05) is 15.9 Å². The van der Waals surface area contributed by atoms with Crippen LogP contribution in [0.25, 0.3) is 0 Å². The Kier molecular flexibility index (Phi) is 3.47. The van der Waals surface area contributed by atoms with Crippen LogP contribution in [0.15, 0.2) is 16.6 Å². The molecule has 0 atom stereocenters. The second-order valence-electron chi connectivity index (χ2n) is 4.05. The molecule has 1 aromatic rings. The number of Topliss-reactive ketones (excluding diaryl/α,β-unsaturated/α-hetero) is 1. The highest BCUT2D eigenvalue weighted by Gasteiger charge is 2.27. The van der Waals surface area contributed by atoms with Gasteiger partial charge in [-0.15, -0.1) is 0 Å². The van der Waals surface area contributed by atoms with Crippen LogP contribution in [0.3, 0.4) is 0 Å². The zero-order chi connectivity index (χ0) is 13.4. The Morgan fingerprint density at radius 1 is 1.39 bits per heavy atom. The molecule has 0 radical (unpaired) electrons. The summed E-state index contributed by atoms with van der Waals surface area (Å²) in [5, 5.41) is 0.